The van der Waals surface area contributed by atoms with E-state index in [2.05, 4.69) is 15.5 Å². The molecule has 0 aliphatic carbocycles. The molecule has 1 aromatic carbocycles. The lowest BCUT2D eigenvalue weighted by molar-refractivity contribution is -0.116. The molecule has 0 saturated carbocycles. The average Bonchev–Trinajstić information content (AvgIpc) is 3.36. The van der Waals surface area contributed by atoms with Crippen LogP contribution in [-0.2, 0) is 38.0 Å². The molecule has 9 nitrogen and oxygen atoms in total. The van der Waals surface area contributed by atoms with Gasteiger partial charge in [-0.1, -0.05) is 17.7 Å². The van der Waals surface area contributed by atoms with Gasteiger partial charge in [0.2, 0.25) is 17.7 Å². The third kappa shape index (κ3) is 5.31. The molecule has 2 aromatic heterocycles. The van der Waals surface area contributed by atoms with Gasteiger partial charge >= 0.3 is 5.97 Å². The monoisotopic (exact) mass is 489 g/mol. The van der Waals surface area contributed by atoms with Gasteiger partial charge in [0.1, 0.15) is 5.00 Å². The summed E-state index contributed by atoms with van der Waals surface area (Å²) < 4.78 is 34.8. The Balaban J connectivity index is 1.46. The van der Waals surface area contributed by atoms with E-state index in [-0.39, 0.29) is 48.8 Å². The molecule has 0 saturated heterocycles. The van der Waals surface area contributed by atoms with Crippen molar-refractivity contribution in [3.8, 4) is 11.5 Å². The van der Waals surface area contributed by atoms with Gasteiger partial charge in [-0.25, -0.2) is 13.2 Å². The number of sulfone groups is 1. The lowest BCUT2D eigenvalue weighted by Crippen LogP contribution is -2.20. The number of aromatic nitrogens is 2. The molecule has 11 heteroatoms. The van der Waals surface area contributed by atoms with Crippen molar-refractivity contribution >= 4 is 38.1 Å². The highest BCUT2D eigenvalue weighted by molar-refractivity contribution is 7.90. The maximum Gasteiger partial charge on any atom is 0.341 e. The molecular weight excluding hydrogens is 466 g/mol. The van der Waals surface area contributed by atoms with E-state index < -0.39 is 15.8 Å². The molecule has 1 aliphatic heterocycles. The molecule has 174 valence electrons. The summed E-state index contributed by atoms with van der Waals surface area (Å²) in [6.07, 6.45) is 0.500. The summed E-state index contributed by atoms with van der Waals surface area (Å²) in [6.45, 7) is 3.85. The maximum atomic E-state index is 12.6. The first-order valence-corrected chi connectivity index (χ1v) is 13.1. The summed E-state index contributed by atoms with van der Waals surface area (Å²) >= 11 is 1.11. The van der Waals surface area contributed by atoms with Gasteiger partial charge < -0.3 is 14.5 Å². The first-order valence-electron chi connectivity index (χ1n) is 10.5. The third-order valence-corrected chi connectivity index (χ3v) is 8.05. The summed E-state index contributed by atoms with van der Waals surface area (Å²) in [5.41, 5.74) is 2.80. The smallest absolute Gasteiger partial charge is 0.341 e. The summed E-state index contributed by atoms with van der Waals surface area (Å²) in [5.74, 6) is -0.387. The van der Waals surface area contributed by atoms with Gasteiger partial charge in [-0.15, -0.1) is 21.5 Å². The van der Waals surface area contributed by atoms with Crippen molar-refractivity contribution in [3.63, 3.8) is 0 Å². The van der Waals surface area contributed by atoms with Crippen LogP contribution in [0.15, 0.2) is 28.7 Å². The number of benzene rings is 1. The number of hydrogen-bond donors (Lipinski definition) is 1. The van der Waals surface area contributed by atoms with Crippen LogP contribution in [0.2, 0.25) is 0 Å². The zero-order chi connectivity index (χ0) is 23.6. The molecule has 1 amide bonds. The third-order valence-electron chi connectivity index (χ3n) is 5.17. The Morgan fingerprint density at radius 3 is 2.70 bits per heavy atom. The van der Waals surface area contributed by atoms with Crippen molar-refractivity contribution in [2.24, 2.45) is 0 Å². The summed E-state index contributed by atoms with van der Waals surface area (Å²) in [5, 5.41) is 11.1. The first-order chi connectivity index (χ1) is 15.8. The summed E-state index contributed by atoms with van der Waals surface area (Å²) in [4.78, 5) is 25.7. The van der Waals surface area contributed by atoms with E-state index in [1.165, 1.54) is 0 Å². The zero-order valence-electron chi connectivity index (χ0n) is 18.2. The SMILES string of the molecule is CCOC(=O)c1c(NC(=O)CCc2nnc(-c3ccc(C)cc3)o2)sc2c1CCS(=O)(=O)C2. The number of carbonyl (C=O) groups excluding carboxylic acids is 2. The Kier molecular flexibility index (Phi) is 6.61. The predicted molar refractivity (Wildman–Crippen MR) is 123 cm³/mol. The van der Waals surface area contributed by atoms with E-state index >= 15 is 0 Å². The fourth-order valence-corrected chi connectivity index (χ4v) is 6.56. The van der Waals surface area contributed by atoms with Gasteiger partial charge in [0.15, 0.2) is 9.84 Å². The molecule has 4 rings (SSSR count). The second-order valence-corrected chi connectivity index (χ2v) is 11.0. The number of amides is 1. The number of aryl methyl sites for hydroxylation is 2. The van der Waals surface area contributed by atoms with E-state index in [0.29, 0.717) is 27.2 Å². The van der Waals surface area contributed by atoms with Gasteiger partial charge in [-0.3, -0.25) is 4.79 Å². The molecule has 1 N–H and O–H groups in total. The van der Waals surface area contributed by atoms with Crippen LogP contribution in [-0.4, -0.2) is 42.9 Å². The van der Waals surface area contributed by atoms with Crippen molar-refractivity contribution in [1.29, 1.82) is 0 Å². The molecule has 3 aromatic rings. The van der Waals surface area contributed by atoms with Crippen LogP contribution in [0.4, 0.5) is 5.00 Å². The Morgan fingerprint density at radius 2 is 1.97 bits per heavy atom. The maximum absolute atomic E-state index is 12.6. The normalized spacial score (nSPS) is 14.5. The molecule has 1 aliphatic rings. The molecule has 0 atom stereocenters. The van der Waals surface area contributed by atoms with Crippen LogP contribution in [0.1, 0.15) is 45.6 Å². The number of esters is 1. The lowest BCUT2D eigenvalue weighted by Gasteiger charge is -2.13. The van der Waals surface area contributed by atoms with Crippen LogP contribution in [0, 0.1) is 6.92 Å². The minimum atomic E-state index is -3.22. The van der Waals surface area contributed by atoms with Gasteiger partial charge in [0, 0.05) is 23.3 Å². The Hall–Kier alpha value is -3.05. The lowest BCUT2D eigenvalue weighted by atomic mass is 10.1. The van der Waals surface area contributed by atoms with Crippen LogP contribution >= 0.6 is 11.3 Å². The Morgan fingerprint density at radius 1 is 1.21 bits per heavy atom. The highest BCUT2D eigenvalue weighted by Gasteiger charge is 2.32. The number of thiophene rings is 1. The van der Waals surface area contributed by atoms with E-state index in [0.717, 1.165) is 22.5 Å². The highest BCUT2D eigenvalue weighted by Crippen LogP contribution is 2.38. The quantitative estimate of drug-likeness (QED) is 0.501. The van der Waals surface area contributed by atoms with E-state index in [1.807, 2.05) is 31.2 Å². The fourth-order valence-electron chi connectivity index (χ4n) is 3.51. The number of anilines is 1. The van der Waals surface area contributed by atoms with Crippen LogP contribution in [0.25, 0.3) is 11.5 Å². The van der Waals surface area contributed by atoms with Crippen LogP contribution < -0.4 is 5.32 Å². The number of hydrogen-bond acceptors (Lipinski definition) is 9. The van der Waals surface area contributed by atoms with Crippen molar-refractivity contribution < 1.29 is 27.2 Å². The number of nitrogens with one attached hydrogen (secondary N) is 1. The second-order valence-electron chi connectivity index (χ2n) is 7.69. The van der Waals surface area contributed by atoms with Gasteiger partial charge in [0.05, 0.1) is 23.7 Å². The zero-order valence-corrected chi connectivity index (χ0v) is 19.8. The van der Waals surface area contributed by atoms with Crippen LogP contribution in [0.5, 0.6) is 0 Å². The number of fused-ring (bicyclic) bond motifs is 1. The van der Waals surface area contributed by atoms with Crippen molar-refractivity contribution in [3.05, 3.63) is 51.7 Å². The molecule has 0 spiro atoms. The fraction of sp³-hybridized carbons (Fsp3) is 0.364. The predicted octanol–water partition coefficient (Wildman–Crippen LogP) is 3.33. The molecule has 0 fully saturated rings. The van der Waals surface area contributed by atoms with Crippen molar-refractivity contribution in [2.75, 3.05) is 17.7 Å². The molecule has 0 unspecified atom stereocenters. The Bertz CT molecular complexity index is 1290. The molecule has 33 heavy (non-hydrogen) atoms. The standard InChI is InChI=1S/C22H23N3O6S2/c1-3-30-22(27)19-15-10-11-33(28,29)12-16(15)32-21(19)23-17(26)8-9-18-24-25-20(31-18)14-6-4-13(2)5-7-14/h4-7H,3,8-12H2,1-2H3,(H,23,26). The number of nitrogens with zero attached hydrogens (tertiary/aromatic N) is 2. The average molecular weight is 490 g/mol. The number of carbonyl (C=O) groups is 2. The topological polar surface area (TPSA) is 128 Å². The Labute approximate surface area is 195 Å². The van der Waals surface area contributed by atoms with Crippen molar-refractivity contribution in [1.82, 2.24) is 10.2 Å². The van der Waals surface area contributed by atoms with E-state index in [4.69, 9.17) is 9.15 Å². The molecule has 0 radical (unpaired) electrons. The van der Waals surface area contributed by atoms with Gasteiger partial charge in [0.25, 0.3) is 0 Å². The molecule has 0 bridgehead atoms. The number of ether oxygens (including phenoxy) is 1. The van der Waals surface area contributed by atoms with Crippen molar-refractivity contribution in [2.45, 2.75) is 38.9 Å². The first kappa shape index (κ1) is 23.1. The highest BCUT2D eigenvalue weighted by atomic mass is 32.2. The van der Waals surface area contributed by atoms with E-state index in [1.54, 1.807) is 6.92 Å². The minimum Gasteiger partial charge on any atom is -0.462 e. The van der Waals surface area contributed by atoms with Gasteiger partial charge in [-0.2, -0.15) is 0 Å². The van der Waals surface area contributed by atoms with Gasteiger partial charge in [-0.05, 0) is 38.0 Å². The summed E-state index contributed by atoms with van der Waals surface area (Å²) in [7, 11) is -3.22. The van der Waals surface area contributed by atoms with E-state index in [9.17, 15) is 18.0 Å². The molecule has 3 heterocycles. The van der Waals surface area contributed by atoms with Crippen LogP contribution in [0.3, 0.4) is 0 Å². The number of rotatable bonds is 7. The summed E-state index contributed by atoms with van der Waals surface area (Å²) in [6, 6.07) is 7.66. The largest absolute Gasteiger partial charge is 0.462 e. The molecular formula is C22H23N3O6S2. The minimum absolute atomic E-state index is 0.0308. The second kappa shape index (κ2) is 9.44.